The first kappa shape index (κ1) is 27.9. The molecule has 0 saturated heterocycles. The Bertz CT molecular complexity index is 564. The predicted octanol–water partition coefficient (Wildman–Crippen LogP) is 8.25. The summed E-state index contributed by atoms with van der Waals surface area (Å²) in [5, 5.41) is 0. The third-order valence-electron chi connectivity index (χ3n) is 8.92. The van der Waals surface area contributed by atoms with E-state index in [1.807, 2.05) is 0 Å². The molecule has 0 aromatic rings. The van der Waals surface area contributed by atoms with Crippen LogP contribution in [0.3, 0.4) is 0 Å². The molecule has 2 nitrogen and oxygen atoms in total. The van der Waals surface area contributed by atoms with E-state index in [0.29, 0.717) is 42.9 Å². The van der Waals surface area contributed by atoms with Gasteiger partial charge in [0.1, 0.15) is 0 Å². The quantitative estimate of drug-likeness (QED) is 0.318. The maximum atomic E-state index is 13.4. The average molecular weight is 467 g/mol. The largest absolute Gasteiger partial charge is 0.345 e. The second-order valence-electron chi connectivity index (χ2n) is 12.0. The van der Waals surface area contributed by atoms with Crippen LogP contribution in [0.4, 0.5) is 17.6 Å². The van der Waals surface area contributed by atoms with Gasteiger partial charge in [-0.1, -0.05) is 55.4 Å². The van der Waals surface area contributed by atoms with Crippen molar-refractivity contribution in [2.75, 3.05) is 0 Å². The van der Waals surface area contributed by atoms with Crippen LogP contribution in [0.1, 0.15) is 87.5 Å². The molecule has 7 atom stereocenters. The van der Waals surface area contributed by atoms with Crippen LogP contribution < -0.4 is 0 Å². The fourth-order valence-electron chi connectivity index (χ4n) is 7.20. The second kappa shape index (κ2) is 11.4. The molecule has 0 bridgehead atoms. The summed E-state index contributed by atoms with van der Waals surface area (Å²) in [5.74, 6) is 2.28. The summed E-state index contributed by atoms with van der Waals surface area (Å²) in [6.45, 7) is 11.9. The Morgan fingerprint density at radius 2 is 1.25 bits per heavy atom. The molecule has 2 fully saturated rings. The molecule has 0 N–H and O–H groups in total. The van der Waals surface area contributed by atoms with E-state index in [0.717, 1.165) is 12.8 Å². The standard InChI is InChI=1S/C26H46F4O2/c1-14(2)19-10-9-18(31-24(27)28)13-21(19)26(7,8)17-11-20(15(3)4)23(16(5)6)22(12-17)32-25(29)30/h14-25H,9-13H2,1-8H3. The van der Waals surface area contributed by atoms with Crippen molar-refractivity contribution in [3.05, 3.63) is 0 Å². The molecule has 2 aliphatic rings. The van der Waals surface area contributed by atoms with Crippen molar-refractivity contribution >= 4 is 0 Å². The van der Waals surface area contributed by atoms with Crippen LogP contribution in [-0.2, 0) is 9.47 Å². The minimum Gasteiger partial charge on any atom is -0.320 e. The molecule has 0 aromatic carbocycles. The molecule has 7 unspecified atom stereocenters. The first-order valence-electron chi connectivity index (χ1n) is 12.6. The maximum absolute atomic E-state index is 13.4. The first-order valence-corrected chi connectivity index (χ1v) is 12.6. The number of alkyl halides is 4. The van der Waals surface area contributed by atoms with Gasteiger partial charge in [0.25, 0.3) is 0 Å². The number of hydrogen-bond acceptors (Lipinski definition) is 2. The average Bonchev–Trinajstić information content (AvgIpc) is 2.65. The lowest BCUT2D eigenvalue weighted by Gasteiger charge is -2.55. The van der Waals surface area contributed by atoms with Crippen LogP contribution in [0.25, 0.3) is 0 Å². The molecular weight excluding hydrogens is 420 g/mol. The van der Waals surface area contributed by atoms with Crippen LogP contribution >= 0.6 is 0 Å². The Hall–Kier alpha value is -0.360. The Morgan fingerprint density at radius 3 is 1.72 bits per heavy atom. The smallest absolute Gasteiger partial charge is 0.320 e. The highest BCUT2D eigenvalue weighted by Gasteiger charge is 2.51. The van der Waals surface area contributed by atoms with E-state index >= 15 is 0 Å². The summed E-state index contributed by atoms with van der Waals surface area (Å²) < 4.78 is 62.9. The minimum atomic E-state index is -2.78. The van der Waals surface area contributed by atoms with Crippen molar-refractivity contribution in [3.63, 3.8) is 0 Å². The zero-order valence-electron chi connectivity index (χ0n) is 21.3. The van der Waals surface area contributed by atoms with Crippen molar-refractivity contribution in [2.24, 2.45) is 52.8 Å². The Balaban J connectivity index is 2.35. The predicted molar refractivity (Wildman–Crippen MR) is 121 cm³/mol. The van der Waals surface area contributed by atoms with Crippen LogP contribution in [0.2, 0.25) is 0 Å². The second-order valence-corrected chi connectivity index (χ2v) is 12.0. The van der Waals surface area contributed by atoms with Gasteiger partial charge in [-0.05, 0) is 84.9 Å². The topological polar surface area (TPSA) is 18.5 Å². The van der Waals surface area contributed by atoms with Crippen LogP contribution in [-0.4, -0.2) is 25.4 Å². The van der Waals surface area contributed by atoms with Crippen molar-refractivity contribution in [1.29, 1.82) is 0 Å². The summed E-state index contributed by atoms with van der Waals surface area (Å²) in [6, 6.07) is 0. The fraction of sp³-hybridized carbons (Fsp3) is 1.00. The Morgan fingerprint density at radius 1 is 0.688 bits per heavy atom. The summed E-state index contributed by atoms with van der Waals surface area (Å²) in [6.07, 6.45) is 2.80. The van der Waals surface area contributed by atoms with Crippen molar-refractivity contribution < 1.29 is 27.0 Å². The van der Waals surface area contributed by atoms with Gasteiger partial charge in [0.2, 0.25) is 0 Å². The van der Waals surface area contributed by atoms with E-state index in [2.05, 4.69) is 55.4 Å². The molecule has 0 heterocycles. The molecule has 6 heteroatoms. The Kier molecular flexibility index (Phi) is 9.91. The first-order chi connectivity index (χ1) is 14.7. The highest BCUT2D eigenvalue weighted by Crippen LogP contribution is 2.56. The molecular formula is C26H46F4O2. The molecule has 0 aromatic heterocycles. The zero-order valence-corrected chi connectivity index (χ0v) is 21.3. The Labute approximate surface area is 193 Å². The lowest BCUT2D eigenvalue weighted by Crippen LogP contribution is -2.51. The van der Waals surface area contributed by atoms with Crippen molar-refractivity contribution in [3.8, 4) is 0 Å². The molecule has 32 heavy (non-hydrogen) atoms. The van der Waals surface area contributed by atoms with E-state index in [4.69, 9.17) is 9.47 Å². The van der Waals surface area contributed by atoms with Crippen molar-refractivity contribution in [2.45, 2.75) is 113 Å². The van der Waals surface area contributed by atoms with Crippen LogP contribution in [0.5, 0.6) is 0 Å². The summed E-state index contributed by atoms with van der Waals surface area (Å²) >= 11 is 0. The number of hydrogen-bond donors (Lipinski definition) is 0. The van der Waals surface area contributed by atoms with E-state index < -0.39 is 25.4 Å². The highest BCUT2D eigenvalue weighted by atomic mass is 19.3. The molecule has 190 valence electrons. The fourth-order valence-corrected chi connectivity index (χ4v) is 7.20. The van der Waals surface area contributed by atoms with Crippen LogP contribution in [0, 0.1) is 52.8 Å². The molecule has 0 amide bonds. The van der Waals surface area contributed by atoms with Gasteiger partial charge in [-0.3, -0.25) is 0 Å². The summed E-state index contributed by atoms with van der Waals surface area (Å²) in [4.78, 5) is 0. The number of halogens is 4. The highest BCUT2D eigenvalue weighted by molar-refractivity contribution is 4.99. The lowest BCUT2D eigenvalue weighted by atomic mass is 9.52. The van der Waals surface area contributed by atoms with Gasteiger partial charge < -0.3 is 9.47 Å². The minimum absolute atomic E-state index is 0.0956. The molecule has 2 rings (SSSR count). The molecule has 0 aliphatic heterocycles. The molecule has 2 aliphatic carbocycles. The number of ether oxygens (including phenoxy) is 2. The maximum Gasteiger partial charge on any atom is 0.345 e. The monoisotopic (exact) mass is 466 g/mol. The van der Waals surface area contributed by atoms with Gasteiger partial charge in [0.15, 0.2) is 0 Å². The van der Waals surface area contributed by atoms with Gasteiger partial charge in [-0.25, -0.2) is 0 Å². The molecule has 0 radical (unpaired) electrons. The van der Waals surface area contributed by atoms with E-state index in [9.17, 15) is 17.6 Å². The van der Waals surface area contributed by atoms with Gasteiger partial charge in [-0.15, -0.1) is 0 Å². The summed E-state index contributed by atoms with van der Waals surface area (Å²) in [7, 11) is 0. The molecule has 2 saturated carbocycles. The van der Waals surface area contributed by atoms with E-state index in [1.54, 1.807) is 0 Å². The normalized spacial score (nSPS) is 35.0. The third-order valence-corrected chi connectivity index (χ3v) is 8.92. The van der Waals surface area contributed by atoms with E-state index in [1.165, 1.54) is 0 Å². The van der Waals surface area contributed by atoms with Gasteiger partial charge in [0.05, 0.1) is 12.2 Å². The van der Waals surface area contributed by atoms with Gasteiger partial charge in [-0.2, -0.15) is 17.6 Å². The van der Waals surface area contributed by atoms with Gasteiger partial charge >= 0.3 is 13.2 Å². The third kappa shape index (κ3) is 6.61. The van der Waals surface area contributed by atoms with Crippen molar-refractivity contribution in [1.82, 2.24) is 0 Å². The zero-order chi connectivity index (χ0) is 24.4. The summed E-state index contributed by atoms with van der Waals surface area (Å²) in [5.41, 5.74) is -0.183. The van der Waals surface area contributed by atoms with Crippen LogP contribution in [0.15, 0.2) is 0 Å². The lowest BCUT2D eigenvalue weighted by molar-refractivity contribution is -0.213. The number of rotatable bonds is 9. The SMILES string of the molecule is CC(C)C1CC(C(C)(C)C2CC(OC(F)F)CCC2C(C)C)CC(OC(F)F)C1C(C)C. The van der Waals surface area contributed by atoms with Gasteiger partial charge in [0, 0.05) is 0 Å². The van der Waals surface area contributed by atoms with E-state index in [-0.39, 0.29) is 29.1 Å². The molecule has 0 spiro atoms.